The molecule has 1 aliphatic rings. The minimum Gasteiger partial charge on any atom is -0.497 e. The second kappa shape index (κ2) is 12.1. The Morgan fingerprint density at radius 3 is 2.32 bits per heavy atom. The molecular formula is C33H33NO7. The SMILES string of the molecule is CON=C(c1cccc(OC)c1)c1ccc(OCc2c(C)cccc2C2(C(=O)O)C=CC(C)=C(C(=O)O)C2)c(C)c1. The summed E-state index contributed by atoms with van der Waals surface area (Å²) in [5.74, 6) is -0.917. The molecule has 4 rings (SSSR count). The van der Waals surface area contributed by atoms with E-state index in [4.69, 9.17) is 14.3 Å². The maximum Gasteiger partial charge on any atom is 0.331 e. The Bertz CT molecular complexity index is 1580. The minimum absolute atomic E-state index is 0.0827. The predicted octanol–water partition coefficient (Wildman–Crippen LogP) is 5.97. The number of aryl methyl sites for hydroxylation is 2. The van der Waals surface area contributed by atoms with Gasteiger partial charge in [-0.3, -0.25) is 4.79 Å². The van der Waals surface area contributed by atoms with Gasteiger partial charge >= 0.3 is 11.9 Å². The van der Waals surface area contributed by atoms with E-state index in [1.54, 1.807) is 38.3 Å². The highest BCUT2D eigenvalue weighted by Gasteiger charge is 2.43. The summed E-state index contributed by atoms with van der Waals surface area (Å²) >= 11 is 0. The number of methoxy groups -OCH3 is 1. The van der Waals surface area contributed by atoms with E-state index in [9.17, 15) is 19.8 Å². The van der Waals surface area contributed by atoms with Crippen LogP contribution in [0.4, 0.5) is 0 Å². The molecule has 0 spiro atoms. The molecule has 212 valence electrons. The molecule has 3 aromatic rings. The lowest BCUT2D eigenvalue weighted by Crippen LogP contribution is -2.38. The average Bonchev–Trinajstić information content (AvgIpc) is 2.96. The second-order valence-corrected chi connectivity index (χ2v) is 9.98. The van der Waals surface area contributed by atoms with Crippen molar-refractivity contribution in [2.45, 2.75) is 39.2 Å². The molecule has 0 radical (unpaired) electrons. The molecule has 41 heavy (non-hydrogen) atoms. The fraction of sp³-hybridized carbons (Fsp3) is 0.242. The van der Waals surface area contributed by atoms with Crippen molar-refractivity contribution >= 4 is 17.7 Å². The molecule has 2 N–H and O–H groups in total. The summed E-state index contributed by atoms with van der Waals surface area (Å²) in [6.07, 6.45) is 3.01. The molecule has 0 heterocycles. The van der Waals surface area contributed by atoms with Gasteiger partial charge in [0.1, 0.15) is 36.3 Å². The van der Waals surface area contributed by atoms with Crippen LogP contribution in [0.25, 0.3) is 0 Å². The molecule has 0 aliphatic heterocycles. The van der Waals surface area contributed by atoms with Crippen LogP contribution in [-0.4, -0.2) is 42.1 Å². The van der Waals surface area contributed by atoms with E-state index >= 15 is 0 Å². The van der Waals surface area contributed by atoms with Crippen molar-refractivity contribution in [2.75, 3.05) is 14.2 Å². The first kappa shape index (κ1) is 29.1. The van der Waals surface area contributed by atoms with Gasteiger partial charge in [0.25, 0.3) is 0 Å². The van der Waals surface area contributed by atoms with Crippen molar-refractivity contribution < 1.29 is 34.1 Å². The number of oxime groups is 1. The molecule has 0 saturated heterocycles. The molecule has 0 fully saturated rings. The van der Waals surface area contributed by atoms with Crippen LogP contribution >= 0.6 is 0 Å². The first-order valence-corrected chi connectivity index (χ1v) is 13.0. The third kappa shape index (κ3) is 5.87. The number of carboxylic acids is 2. The standard InChI is InChI=1S/C33H33NO7/c1-20-8-6-11-28(33(32(37)38)15-14-21(2)26(18-33)31(35)36)27(20)19-41-29-13-12-24(16-22(29)3)30(34-40-5)23-9-7-10-25(17-23)39-4/h6-17H,18-19H2,1-5H3,(H,35,36)(H,37,38). The van der Waals surface area contributed by atoms with E-state index in [-0.39, 0.29) is 18.6 Å². The second-order valence-electron chi connectivity index (χ2n) is 9.98. The quantitative estimate of drug-likeness (QED) is 0.234. The zero-order chi connectivity index (χ0) is 29.7. The van der Waals surface area contributed by atoms with E-state index in [0.29, 0.717) is 33.9 Å². The molecule has 1 atom stereocenters. The average molecular weight is 556 g/mol. The zero-order valence-corrected chi connectivity index (χ0v) is 23.7. The Labute approximate surface area is 239 Å². The molecule has 8 heteroatoms. The number of carboxylic acid groups (broad SMARTS) is 2. The highest BCUT2D eigenvalue weighted by atomic mass is 16.6. The monoisotopic (exact) mass is 555 g/mol. The molecule has 0 aromatic heterocycles. The number of allylic oxidation sites excluding steroid dienone is 2. The Hall–Kier alpha value is -4.85. The number of rotatable bonds is 10. The van der Waals surface area contributed by atoms with Crippen LogP contribution in [0.3, 0.4) is 0 Å². The Balaban J connectivity index is 1.66. The number of benzene rings is 3. The smallest absolute Gasteiger partial charge is 0.331 e. The summed E-state index contributed by atoms with van der Waals surface area (Å²) in [6.45, 7) is 5.59. The van der Waals surface area contributed by atoms with Crippen LogP contribution in [0.15, 0.2) is 89.1 Å². The highest BCUT2D eigenvalue weighted by molar-refractivity contribution is 6.13. The van der Waals surface area contributed by atoms with E-state index in [0.717, 1.165) is 22.3 Å². The predicted molar refractivity (Wildman–Crippen MR) is 156 cm³/mol. The van der Waals surface area contributed by atoms with Crippen LogP contribution < -0.4 is 9.47 Å². The van der Waals surface area contributed by atoms with Crippen molar-refractivity contribution in [1.82, 2.24) is 0 Å². The summed E-state index contributed by atoms with van der Waals surface area (Å²) in [5.41, 5.74) is 4.28. The molecule has 0 saturated carbocycles. The lowest BCUT2D eigenvalue weighted by atomic mass is 9.69. The largest absolute Gasteiger partial charge is 0.497 e. The third-order valence-corrected chi connectivity index (χ3v) is 7.43. The van der Waals surface area contributed by atoms with Crippen LogP contribution in [0, 0.1) is 13.8 Å². The maximum atomic E-state index is 12.7. The van der Waals surface area contributed by atoms with Gasteiger partial charge in [0.05, 0.1) is 7.11 Å². The number of carbonyl (C=O) groups is 2. The summed E-state index contributed by atoms with van der Waals surface area (Å²) in [7, 11) is 3.10. The van der Waals surface area contributed by atoms with E-state index in [2.05, 4.69) is 5.16 Å². The van der Waals surface area contributed by atoms with Crippen LogP contribution in [0.2, 0.25) is 0 Å². The first-order chi connectivity index (χ1) is 19.6. The number of aliphatic carboxylic acids is 2. The molecule has 1 aliphatic carbocycles. The summed E-state index contributed by atoms with van der Waals surface area (Å²) in [6, 6.07) is 18.6. The van der Waals surface area contributed by atoms with Crippen LogP contribution in [0.5, 0.6) is 11.5 Å². The van der Waals surface area contributed by atoms with Gasteiger partial charge in [-0.2, -0.15) is 0 Å². The molecule has 8 nitrogen and oxygen atoms in total. The Kier molecular flexibility index (Phi) is 8.62. The Morgan fingerprint density at radius 1 is 0.927 bits per heavy atom. The molecule has 3 aromatic carbocycles. The van der Waals surface area contributed by atoms with Gasteiger partial charge < -0.3 is 24.5 Å². The van der Waals surface area contributed by atoms with Gasteiger partial charge in [-0.1, -0.05) is 47.6 Å². The van der Waals surface area contributed by atoms with Gasteiger partial charge in [-0.15, -0.1) is 0 Å². The lowest BCUT2D eigenvalue weighted by molar-refractivity contribution is -0.142. The normalized spacial score (nSPS) is 16.9. The van der Waals surface area contributed by atoms with Crippen molar-refractivity contribution in [1.29, 1.82) is 0 Å². The Morgan fingerprint density at radius 2 is 1.66 bits per heavy atom. The van der Waals surface area contributed by atoms with Gasteiger partial charge in [0.2, 0.25) is 0 Å². The fourth-order valence-electron chi connectivity index (χ4n) is 5.09. The van der Waals surface area contributed by atoms with Crippen molar-refractivity contribution in [2.24, 2.45) is 5.16 Å². The highest BCUT2D eigenvalue weighted by Crippen LogP contribution is 2.41. The van der Waals surface area contributed by atoms with Crippen molar-refractivity contribution in [3.63, 3.8) is 0 Å². The van der Waals surface area contributed by atoms with E-state index in [1.165, 1.54) is 7.11 Å². The zero-order valence-electron chi connectivity index (χ0n) is 23.7. The topological polar surface area (TPSA) is 115 Å². The molecular weight excluding hydrogens is 522 g/mol. The van der Waals surface area contributed by atoms with Gasteiger partial charge in [0.15, 0.2) is 0 Å². The fourth-order valence-corrected chi connectivity index (χ4v) is 5.09. The third-order valence-electron chi connectivity index (χ3n) is 7.43. The van der Waals surface area contributed by atoms with E-state index in [1.807, 2.05) is 62.4 Å². The molecule has 0 bridgehead atoms. The lowest BCUT2D eigenvalue weighted by Gasteiger charge is -2.32. The number of ether oxygens (including phenoxy) is 2. The minimum atomic E-state index is -1.53. The number of hydrogen-bond donors (Lipinski definition) is 2. The van der Waals surface area contributed by atoms with Crippen molar-refractivity contribution in [3.05, 3.63) is 117 Å². The maximum absolute atomic E-state index is 12.7. The summed E-state index contributed by atoms with van der Waals surface area (Å²) in [5, 5.41) is 24.4. The van der Waals surface area contributed by atoms with Gasteiger partial charge in [-0.25, -0.2) is 4.79 Å². The summed E-state index contributed by atoms with van der Waals surface area (Å²) in [4.78, 5) is 29.8. The van der Waals surface area contributed by atoms with Crippen LogP contribution in [0.1, 0.15) is 46.7 Å². The number of hydrogen-bond acceptors (Lipinski definition) is 6. The molecule has 0 amide bonds. The van der Waals surface area contributed by atoms with Gasteiger partial charge in [0, 0.05) is 23.1 Å². The molecule has 1 unspecified atom stereocenters. The first-order valence-electron chi connectivity index (χ1n) is 13.0. The summed E-state index contributed by atoms with van der Waals surface area (Å²) < 4.78 is 11.6. The number of nitrogens with zero attached hydrogens (tertiary/aromatic N) is 1. The van der Waals surface area contributed by atoms with Crippen molar-refractivity contribution in [3.8, 4) is 11.5 Å². The van der Waals surface area contributed by atoms with E-state index < -0.39 is 17.4 Å². The van der Waals surface area contributed by atoms with Gasteiger partial charge in [-0.05, 0) is 78.9 Å². The van der Waals surface area contributed by atoms with Crippen LogP contribution in [-0.2, 0) is 26.4 Å².